The van der Waals surface area contributed by atoms with Gasteiger partial charge in [-0.15, -0.1) is 5.10 Å². The molecule has 4 heterocycles. The third-order valence-electron chi connectivity index (χ3n) is 6.72. The zero-order valence-corrected chi connectivity index (χ0v) is 20.9. The van der Waals surface area contributed by atoms with Crippen molar-refractivity contribution in [2.24, 2.45) is 0 Å². The van der Waals surface area contributed by atoms with E-state index in [0.29, 0.717) is 11.3 Å². The van der Waals surface area contributed by atoms with E-state index in [1.54, 1.807) is 47.1 Å². The number of halogens is 1. The molecule has 1 fully saturated rings. The van der Waals surface area contributed by atoms with Crippen molar-refractivity contribution in [1.82, 2.24) is 19.6 Å². The summed E-state index contributed by atoms with van der Waals surface area (Å²) in [4.78, 5) is 11.8. The molecule has 5 aromatic rings. The molecule has 9 heteroatoms. The Kier molecular flexibility index (Phi) is 5.72. The summed E-state index contributed by atoms with van der Waals surface area (Å²) in [6, 6.07) is 23.1. The van der Waals surface area contributed by atoms with Crippen LogP contribution in [-0.4, -0.2) is 40.8 Å². The van der Waals surface area contributed by atoms with Crippen LogP contribution in [0.2, 0.25) is 0 Å². The van der Waals surface area contributed by atoms with E-state index < -0.39 is 9.84 Å². The van der Waals surface area contributed by atoms with Gasteiger partial charge in [-0.25, -0.2) is 27.3 Å². The molecule has 0 N–H and O–H groups in total. The lowest BCUT2D eigenvalue weighted by Crippen LogP contribution is -2.24. The van der Waals surface area contributed by atoms with Gasteiger partial charge in [0, 0.05) is 18.4 Å². The zero-order chi connectivity index (χ0) is 25.6. The smallest absolute Gasteiger partial charge is 0.175 e. The van der Waals surface area contributed by atoms with Crippen LogP contribution < -0.4 is 4.90 Å². The van der Waals surface area contributed by atoms with Crippen molar-refractivity contribution in [3.8, 4) is 22.6 Å². The molecule has 1 atom stereocenters. The quantitative estimate of drug-likeness (QED) is 0.316. The Bertz CT molecular complexity index is 1720. The van der Waals surface area contributed by atoms with E-state index in [0.717, 1.165) is 47.7 Å². The highest BCUT2D eigenvalue weighted by Gasteiger charge is 2.28. The van der Waals surface area contributed by atoms with Crippen molar-refractivity contribution in [1.29, 1.82) is 0 Å². The van der Waals surface area contributed by atoms with Gasteiger partial charge in [-0.2, -0.15) is 0 Å². The van der Waals surface area contributed by atoms with Gasteiger partial charge in [0.2, 0.25) is 0 Å². The van der Waals surface area contributed by atoms with E-state index >= 15 is 0 Å². The van der Waals surface area contributed by atoms with Crippen molar-refractivity contribution < 1.29 is 12.8 Å². The van der Waals surface area contributed by atoms with E-state index in [1.807, 2.05) is 36.4 Å². The SMILES string of the molecule is CS(=O)(=O)c1ccc(-c2cccc(-c3cnc4ccc(N5CCC[C@@H]5c5cccc(F)c5)nn34)n2)cc1. The number of hydrogen-bond acceptors (Lipinski definition) is 6. The minimum atomic E-state index is -3.27. The van der Waals surface area contributed by atoms with Crippen LogP contribution in [0.3, 0.4) is 0 Å². The third kappa shape index (κ3) is 4.46. The molecule has 0 unspecified atom stereocenters. The highest BCUT2D eigenvalue weighted by Crippen LogP contribution is 2.36. The number of imidazole rings is 1. The first-order valence-electron chi connectivity index (χ1n) is 12.0. The van der Waals surface area contributed by atoms with E-state index in [2.05, 4.69) is 9.88 Å². The molecule has 6 rings (SSSR count). The minimum Gasteiger partial charge on any atom is -0.348 e. The molecule has 0 saturated carbocycles. The average molecular weight is 514 g/mol. The molecule has 0 spiro atoms. The number of fused-ring (bicyclic) bond motifs is 1. The van der Waals surface area contributed by atoms with Gasteiger partial charge in [-0.05, 0) is 66.9 Å². The number of sulfone groups is 1. The van der Waals surface area contributed by atoms with Gasteiger partial charge in [-0.1, -0.05) is 30.3 Å². The predicted molar refractivity (Wildman–Crippen MR) is 140 cm³/mol. The fourth-order valence-corrected chi connectivity index (χ4v) is 5.53. The van der Waals surface area contributed by atoms with Crippen LogP contribution in [0.25, 0.3) is 28.3 Å². The summed E-state index contributed by atoms with van der Waals surface area (Å²) in [6.45, 7) is 0.834. The van der Waals surface area contributed by atoms with E-state index in [-0.39, 0.29) is 16.8 Å². The Balaban J connectivity index is 1.36. The van der Waals surface area contributed by atoms with Gasteiger partial charge in [0.05, 0.1) is 28.5 Å². The second-order valence-electron chi connectivity index (χ2n) is 9.22. The number of nitrogens with zero attached hydrogens (tertiary/aromatic N) is 5. The van der Waals surface area contributed by atoms with E-state index in [1.165, 1.54) is 12.3 Å². The Morgan fingerprint density at radius 1 is 0.946 bits per heavy atom. The summed E-state index contributed by atoms with van der Waals surface area (Å²) in [5, 5.41) is 4.91. The Morgan fingerprint density at radius 3 is 2.51 bits per heavy atom. The van der Waals surface area contributed by atoms with Crippen molar-refractivity contribution in [2.75, 3.05) is 17.7 Å². The second-order valence-corrected chi connectivity index (χ2v) is 11.2. The molecule has 7 nitrogen and oxygen atoms in total. The summed E-state index contributed by atoms with van der Waals surface area (Å²) in [5.41, 5.74) is 4.62. The fraction of sp³-hybridized carbons (Fsp3) is 0.179. The summed E-state index contributed by atoms with van der Waals surface area (Å²) >= 11 is 0. The molecular weight excluding hydrogens is 489 g/mol. The van der Waals surface area contributed by atoms with Crippen LogP contribution in [0.15, 0.2) is 90.0 Å². The van der Waals surface area contributed by atoms with Gasteiger partial charge in [0.15, 0.2) is 15.5 Å². The number of hydrogen-bond donors (Lipinski definition) is 0. The second kappa shape index (κ2) is 9.08. The summed E-state index contributed by atoms with van der Waals surface area (Å²) in [5.74, 6) is 0.563. The lowest BCUT2D eigenvalue weighted by molar-refractivity contribution is 0.602. The molecule has 0 radical (unpaired) electrons. The van der Waals surface area contributed by atoms with Crippen LogP contribution in [0.4, 0.5) is 10.2 Å². The lowest BCUT2D eigenvalue weighted by atomic mass is 10.0. The maximum absolute atomic E-state index is 13.9. The number of benzene rings is 2. The Morgan fingerprint density at radius 2 is 1.73 bits per heavy atom. The standard InChI is InChI=1S/C28H24FN5O2S/c1-37(35,36)22-12-10-19(11-13-22)23-7-3-8-24(31-23)26-18-30-27-14-15-28(32-34(26)27)33-16-4-9-25(33)20-5-2-6-21(29)17-20/h2-3,5-8,10-15,17-18,25H,4,9,16H2,1H3/t25-/m1/s1. The van der Waals surface area contributed by atoms with Crippen molar-refractivity contribution in [3.63, 3.8) is 0 Å². The maximum atomic E-state index is 13.9. The molecule has 37 heavy (non-hydrogen) atoms. The van der Waals surface area contributed by atoms with Gasteiger partial charge in [0.25, 0.3) is 0 Å². The van der Waals surface area contributed by atoms with Crippen LogP contribution >= 0.6 is 0 Å². The largest absolute Gasteiger partial charge is 0.348 e. The zero-order valence-electron chi connectivity index (χ0n) is 20.1. The van der Waals surface area contributed by atoms with E-state index in [9.17, 15) is 12.8 Å². The molecule has 0 aliphatic carbocycles. The molecule has 0 amide bonds. The normalized spacial score (nSPS) is 15.9. The Labute approximate surface area is 214 Å². The first-order chi connectivity index (χ1) is 17.9. The van der Waals surface area contributed by atoms with Gasteiger partial charge < -0.3 is 4.90 Å². The Hall–Kier alpha value is -4.11. The van der Waals surface area contributed by atoms with Crippen LogP contribution in [0.5, 0.6) is 0 Å². The van der Waals surface area contributed by atoms with Crippen molar-refractivity contribution in [2.45, 2.75) is 23.8 Å². The molecule has 1 aliphatic rings. The third-order valence-corrected chi connectivity index (χ3v) is 7.85. The fourth-order valence-electron chi connectivity index (χ4n) is 4.90. The molecule has 0 bridgehead atoms. The minimum absolute atomic E-state index is 0.0592. The molecular formula is C28H24FN5O2S. The van der Waals surface area contributed by atoms with E-state index in [4.69, 9.17) is 10.1 Å². The lowest BCUT2D eigenvalue weighted by Gasteiger charge is -2.26. The first kappa shape index (κ1) is 23.3. The highest BCUT2D eigenvalue weighted by molar-refractivity contribution is 7.90. The van der Waals surface area contributed by atoms with Crippen molar-refractivity contribution >= 4 is 21.3 Å². The highest BCUT2D eigenvalue weighted by atomic mass is 32.2. The van der Waals surface area contributed by atoms with Crippen molar-refractivity contribution in [3.05, 3.63) is 96.4 Å². The van der Waals surface area contributed by atoms with Gasteiger partial charge in [0.1, 0.15) is 17.3 Å². The summed E-state index contributed by atoms with van der Waals surface area (Å²) in [7, 11) is -3.27. The topological polar surface area (TPSA) is 80.5 Å². The number of anilines is 1. The molecule has 1 aliphatic heterocycles. The van der Waals surface area contributed by atoms with Crippen LogP contribution in [0.1, 0.15) is 24.4 Å². The maximum Gasteiger partial charge on any atom is 0.175 e. The van der Waals surface area contributed by atoms with Gasteiger partial charge >= 0.3 is 0 Å². The van der Waals surface area contributed by atoms with Crippen LogP contribution in [-0.2, 0) is 9.84 Å². The summed E-state index contributed by atoms with van der Waals surface area (Å²) < 4.78 is 39.3. The monoisotopic (exact) mass is 513 g/mol. The molecule has 2 aromatic carbocycles. The average Bonchev–Trinajstić information content (AvgIpc) is 3.56. The predicted octanol–water partition coefficient (Wildman–Crippen LogP) is 5.34. The molecule has 1 saturated heterocycles. The number of rotatable bonds is 5. The summed E-state index contributed by atoms with van der Waals surface area (Å²) in [6.07, 6.45) is 4.87. The van der Waals surface area contributed by atoms with Gasteiger partial charge in [-0.3, -0.25) is 0 Å². The molecule has 3 aromatic heterocycles. The first-order valence-corrected chi connectivity index (χ1v) is 13.9. The number of aromatic nitrogens is 4. The van der Waals surface area contributed by atoms with Crippen LogP contribution in [0, 0.1) is 5.82 Å². The molecule has 186 valence electrons. The number of pyridine rings is 1.